The normalized spacial score (nSPS) is 16.6. The van der Waals surface area contributed by atoms with E-state index in [1.54, 1.807) is 5.01 Å². The molecule has 0 aromatic carbocycles. The van der Waals surface area contributed by atoms with Gasteiger partial charge < -0.3 is 5.73 Å². The van der Waals surface area contributed by atoms with Gasteiger partial charge in [-0.2, -0.15) is 5.10 Å². The summed E-state index contributed by atoms with van der Waals surface area (Å²) in [6.45, 7) is 3.43. The van der Waals surface area contributed by atoms with Gasteiger partial charge in [-0.15, -0.1) is 0 Å². The summed E-state index contributed by atoms with van der Waals surface area (Å²) in [5, 5.41) is 5.79. The Balaban J connectivity index is 2.41. The number of rotatable bonds is 5. The predicted octanol–water partition coefficient (Wildman–Crippen LogP) is 0.724. The lowest BCUT2D eigenvalue weighted by atomic mass is 10.2. The molecular weight excluding hydrogens is 166 g/mol. The Morgan fingerprint density at radius 3 is 3.00 bits per heavy atom. The molecule has 0 aromatic heterocycles. The van der Waals surface area contributed by atoms with Crippen molar-refractivity contribution in [3.8, 4) is 0 Å². The summed E-state index contributed by atoms with van der Waals surface area (Å²) < 4.78 is 0. The zero-order valence-corrected chi connectivity index (χ0v) is 8.12. The van der Waals surface area contributed by atoms with Crippen LogP contribution in [0.3, 0.4) is 0 Å². The first-order chi connectivity index (χ1) is 6.27. The van der Waals surface area contributed by atoms with Crippen molar-refractivity contribution in [1.82, 2.24) is 5.01 Å². The molecule has 1 heterocycles. The Hall–Kier alpha value is -0.900. The van der Waals surface area contributed by atoms with Crippen molar-refractivity contribution >= 4 is 11.6 Å². The van der Waals surface area contributed by atoms with Crippen molar-refractivity contribution in [1.29, 1.82) is 0 Å². The molecule has 1 rings (SSSR count). The van der Waals surface area contributed by atoms with E-state index in [0.717, 1.165) is 31.5 Å². The molecular formula is C9H17N3O. The van der Waals surface area contributed by atoms with Gasteiger partial charge in [0.15, 0.2) is 0 Å². The Bertz CT molecular complexity index is 213. The van der Waals surface area contributed by atoms with Crippen LogP contribution in [0.5, 0.6) is 0 Å². The summed E-state index contributed by atoms with van der Waals surface area (Å²) in [7, 11) is 0. The highest BCUT2D eigenvalue weighted by Crippen LogP contribution is 2.10. The Morgan fingerprint density at radius 2 is 2.38 bits per heavy atom. The average Bonchev–Trinajstić information content (AvgIpc) is 2.44. The Morgan fingerprint density at radius 1 is 1.62 bits per heavy atom. The minimum Gasteiger partial charge on any atom is -0.330 e. The van der Waals surface area contributed by atoms with E-state index in [1.165, 1.54) is 0 Å². The summed E-state index contributed by atoms with van der Waals surface area (Å²) in [5.41, 5.74) is 6.32. The molecule has 0 atom stereocenters. The number of nitrogens with zero attached hydrogens (tertiary/aromatic N) is 2. The van der Waals surface area contributed by atoms with Crippen molar-refractivity contribution in [2.75, 3.05) is 13.1 Å². The van der Waals surface area contributed by atoms with Crippen LogP contribution in [0.25, 0.3) is 0 Å². The molecule has 0 spiro atoms. The first-order valence-corrected chi connectivity index (χ1v) is 4.84. The third-order valence-corrected chi connectivity index (χ3v) is 2.06. The zero-order valence-electron chi connectivity index (χ0n) is 8.12. The minimum absolute atomic E-state index is 0.122. The molecule has 1 aliphatic rings. The van der Waals surface area contributed by atoms with Crippen LogP contribution in [0.1, 0.15) is 32.6 Å². The summed E-state index contributed by atoms with van der Waals surface area (Å²) in [5.74, 6) is 0.122. The van der Waals surface area contributed by atoms with Gasteiger partial charge in [-0.05, 0) is 13.0 Å². The number of hydrogen-bond donors (Lipinski definition) is 1. The quantitative estimate of drug-likeness (QED) is 0.683. The van der Waals surface area contributed by atoms with Crippen molar-refractivity contribution in [2.45, 2.75) is 32.6 Å². The van der Waals surface area contributed by atoms with Crippen LogP contribution < -0.4 is 5.73 Å². The molecule has 0 aromatic rings. The lowest BCUT2D eigenvalue weighted by molar-refractivity contribution is -0.128. The maximum absolute atomic E-state index is 11.3. The molecule has 1 amide bonds. The van der Waals surface area contributed by atoms with Crippen molar-refractivity contribution in [3.05, 3.63) is 0 Å². The lowest BCUT2D eigenvalue weighted by Crippen LogP contribution is -2.21. The lowest BCUT2D eigenvalue weighted by Gasteiger charge is -2.09. The van der Waals surface area contributed by atoms with Gasteiger partial charge in [-0.3, -0.25) is 4.79 Å². The number of nitrogens with two attached hydrogens (primary N) is 1. The highest BCUT2D eigenvalue weighted by Gasteiger charge is 2.21. The Labute approximate surface area is 78.8 Å². The van der Waals surface area contributed by atoms with Crippen LogP contribution in [0.2, 0.25) is 0 Å². The number of hydrogen-bond acceptors (Lipinski definition) is 3. The summed E-state index contributed by atoms with van der Waals surface area (Å²) >= 11 is 0. The fourth-order valence-electron chi connectivity index (χ4n) is 1.32. The maximum atomic E-state index is 11.3. The second-order valence-electron chi connectivity index (χ2n) is 3.25. The minimum atomic E-state index is 0.122. The maximum Gasteiger partial charge on any atom is 0.248 e. The third kappa shape index (κ3) is 2.81. The number of unbranched alkanes of at least 4 members (excludes halogenated alkanes) is 1. The smallest absolute Gasteiger partial charge is 0.248 e. The Kier molecular flexibility index (Phi) is 3.89. The SMILES string of the molecule is CCCCN1N=C(CCN)CC1=O. The van der Waals surface area contributed by atoms with Gasteiger partial charge >= 0.3 is 0 Å². The molecule has 0 saturated heterocycles. The largest absolute Gasteiger partial charge is 0.330 e. The van der Waals surface area contributed by atoms with Crippen LogP contribution >= 0.6 is 0 Å². The molecule has 0 unspecified atom stereocenters. The predicted molar refractivity (Wildman–Crippen MR) is 52.3 cm³/mol. The van der Waals surface area contributed by atoms with Crippen molar-refractivity contribution in [2.24, 2.45) is 10.8 Å². The second kappa shape index (κ2) is 4.97. The highest BCUT2D eigenvalue weighted by atomic mass is 16.2. The summed E-state index contributed by atoms with van der Waals surface area (Å²) in [4.78, 5) is 11.3. The van der Waals surface area contributed by atoms with Gasteiger partial charge in [-0.25, -0.2) is 5.01 Å². The van der Waals surface area contributed by atoms with Crippen LogP contribution in [-0.2, 0) is 4.79 Å². The van der Waals surface area contributed by atoms with E-state index in [1.807, 2.05) is 0 Å². The summed E-state index contributed by atoms with van der Waals surface area (Å²) in [6.07, 6.45) is 3.33. The topological polar surface area (TPSA) is 58.7 Å². The molecule has 1 aliphatic heterocycles. The van der Waals surface area contributed by atoms with Crippen molar-refractivity contribution < 1.29 is 4.79 Å². The summed E-state index contributed by atoms with van der Waals surface area (Å²) in [6, 6.07) is 0. The monoisotopic (exact) mass is 183 g/mol. The van der Waals surface area contributed by atoms with E-state index in [9.17, 15) is 4.79 Å². The molecule has 0 aliphatic carbocycles. The van der Waals surface area contributed by atoms with Crippen LogP contribution in [-0.4, -0.2) is 29.7 Å². The van der Waals surface area contributed by atoms with Gasteiger partial charge in [-0.1, -0.05) is 13.3 Å². The molecule has 4 heteroatoms. The molecule has 74 valence electrons. The number of carbonyl (C=O) groups excluding carboxylic acids is 1. The second-order valence-corrected chi connectivity index (χ2v) is 3.25. The van der Waals surface area contributed by atoms with Gasteiger partial charge in [0.05, 0.1) is 6.42 Å². The van der Waals surface area contributed by atoms with Crippen molar-refractivity contribution in [3.63, 3.8) is 0 Å². The fraction of sp³-hybridized carbons (Fsp3) is 0.778. The van der Waals surface area contributed by atoms with Gasteiger partial charge in [0.2, 0.25) is 5.91 Å². The van der Waals surface area contributed by atoms with Crippen LogP contribution in [0, 0.1) is 0 Å². The van der Waals surface area contributed by atoms with E-state index in [-0.39, 0.29) is 5.91 Å². The van der Waals surface area contributed by atoms with Crippen LogP contribution in [0.15, 0.2) is 5.10 Å². The van der Waals surface area contributed by atoms with E-state index in [2.05, 4.69) is 12.0 Å². The molecule has 2 N–H and O–H groups in total. The fourth-order valence-corrected chi connectivity index (χ4v) is 1.32. The number of carbonyl (C=O) groups is 1. The average molecular weight is 183 g/mol. The highest BCUT2D eigenvalue weighted by molar-refractivity contribution is 6.04. The van der Waals surface area contributed by atoms with E-state index < -0.39 is 0 Å². The van der Waals surface area contributed by atoms with Crippen LogP contribution in [0.4, 0.5) is 0 Å². The number of amides is 1. The molecule has 4 nitrogen and oxygen atoms in total. The van der Waals surface area contributed by atoms with E-state index in [4.69, 9.17) is 5.73 Å². The number of hydrazone groups is 1. The first kappa shape index (κ1) is 10.2. The molecule has 0 bridgehead atoms. The molecule has 13 heavy (non-hydrogen) atoms. The van der Waals surface area contributed by atoms with E-state index >= 15 is 0 Å². The molecule has 0 radical (unpaired) electrons. The van der Waals surface area contributed by atoms with Gasteiger partial charge in [0.25, 0.3) is 0 Å². The van der Waals surface area contributed by atoms with Gasteiger partial charge in [0, 0.05) is 18.7 Å². The third-order valence-electron chi connectivity index (χ3n) is 2.06. The first-order valence-electron chi connectivity index (χ1n) is 4.84. The zero-order chi connectivity index (χ0) is 9.68. The molecule has 0 fully saturated rings. The standard InChI is InChI=1S/C9H17N3O/c1-2-3-6-12-9(13)7-8(11-12)4-5-10/h2-7,10H2,1H3. The van der Waals surface area contributed by atoms with Gasteiger partial charge in [0.1, 0.15) is 0 Å². The molecule has 0 saturated carbocycles. The van der Waals surface area contributed by atoms with E-state index in [0.29, 0.717) is 13.0 Å².